The number of rotatable bonds is 8. The van der Waals surface area contributed by atoms with Gasteiger partial charge in [0.25, 0.3) is 11.9 Å². The number of likely N-dealkylation sites (N-methyl/N-ethyl adjacent to an activating group) is 1. The van der Waals surface area contributed by atoms with Crippen LogP contribution in [0.25, 0.3) is 5.70 Å². The Labute approximate surface area is 215 Å². The number of hydrogen-bond donors (Lipinski definition) is 3. The molecule has 2 aromatic rings. The molecule has 1 saturated carbocycles. The summed E-state index contributed by atoms with van der Waals surface area (Å²) >= 11 is 0. The molecule has 2 aromatic heterocycles. The first-order valence-corrected chi connectivity index (χ1v) is 12.3. The van der Waals surface area contributed by atoms with Crippen molar-refractivity contribution in [2.75, 3.05) is 44.0 Å². The number of hydrazine groups is 1. The SMILES string of the molecule is CCc1nc(/C(N)=C(\CNc2noc(C3CC3)n2)N(C)N)ccc1N1CCCC(F)(F)C1.COC(C)=O. The topological polar surface area (TPSA) is 149 Å². The molecule has 2 aliphatic rings. The van der Waals surface area contributed by atoms with E-state index in [9.17, 15) is 13.6 Å². The van der Waals surface area contributed by atoms with Gasteiger partial charge >= 0.3 is 5.97 Å². The monoisotopic (exact) mass is 522 g/mol. The molecule has 0 atom stereocenters. The predicted octanol–water partition coefficient (Wildman–Crippen LogP) is 2.86. The summed E-state index contributed by atoms with van der Waals surface area (Å²) in [5.41, 5.74) is 9.39. The van der Waals surface area contributed by atoms with Crippen LogP contribution in [0, 0.1) is 0 Å². The summed E-state index contributed by atoms with van der Waals surface area (Å²) in [7, 11) is 3.03. The lowest BCUT2D eigenvalue weighted by atomic mass is 10.1. The lowest BCUT2D eigenvalue weighted by Gasteiger charge is -2.35. The van der Waals surface area contributed by atoms with E-state index in [-0.39, 0.29) is 25.5 Å². The highest BCUT2D eigenvalue weighted by Gasteiger charge is 2.36. The van der Waals surface area contributed by atoms with Gasteiger partial charge in [0.05, 0.1) is 48.7 Å². The van der Waals surface area contributed by atoms with E-state index in [0.717, 1.165) is 24.2 Å². The fourth-order valence-corrected chi connectivity index (χ4v) is 3.89. The molecule has 1 saturated heterocycles. The number of aromatic nitrogens is 3. The minimum atomic E-state index is -2.68. The number of piperidine rings is 1. The number of methoxy groups -OCH3 is 1. The highest BCUT2D eigenvalue weighted by atomic mass is 19.3. The molecular weight excluding hydrogens is 486 g/mol. The Kier molecular flexibility index (Phi) is 9.24. The zero-order valence-electron chi connectivity index (χ0n) is 21.8. The molecule has 2 fully saturated rings. The van der Waals surface area contributed by atoms with Crippen LogP contribution in [0.15, 0.2) is 22.4 Å². The molecule has 11 nitrogen and oxygen atoms in total. The van der Waals surface area contributed by atoms with Crippen molar-refractivity contribution in [3.63, 3.8) is 0 Å². The lowest BCUT2D eigenvalue weighted by molar-refractivity contribution is -0.137. The van der Waals surface area contributed by atoms with Gasteiger partial charge in [0.1, 0.15) is 0 Å². The molecule has 0 unspecified atom stereocenters. The first kappa shape index (κ1) is 28.1. The number of nitrogens with two attached hydrogens (primary N) is 2. The van der Waals surface area contributed by atoms with E-state index < -0.39 is 5.92 Å². The van der Waals surface area contributed by atoms with E-state index in [1.54, 1.807) is 18.0 Å². The Balaban J connectivity index is 0.000000695. The van der Waals surface area contributed by atoms with Crippen LogP contribution in [-0.2, 0) is 16.0 Å². The average molecular weight is 523 g/mol. The van der Waals surface area contributed by atoms with Crippen molar-refractivity contribution in [2.45, 2.75) is 57.8 Å². The molecule has 0 aromatic carbocycles. The summed E-state index contributed by atoms with van der Waals surface area (Å²) in [4.78, 5) is 20.3. The van der Waals surface area contributed by atoms with E-state index in [1.165, 1.54) is 19.0 Å². The fourth-order valence-electron chi connectivity index (χ4n) is 3.89. The van der Waals surface area contributed by atoms with Crippen LogP contribution >= 0.6 is 0 Å². The zero-order chi connectivity index (χ0) is 27.2. The number of halogens is 2. The number of nitrogens with one attached hydrogen (secondary N) is 1. The molecule has 5 N–H and O–H groups in total. The third-order valence-electron chi connectivity index (χ3n) is 6.10. The second-order valence-corrected chi connectivity index (χ2v) is 9.15. The summed E-state index contributed by atoms with van der Waals surface area (Å²) in [5, 5.41) is 8.44. The molecule has 1 aliphatic carbocycles. The standard InChI is InChI=1S/C21H30F2N8O.C3H6O2/c1-3-14-16(31-10-4-9-21(22,23)12-31)8-7-15(27-14)18(24)17(30(2)25)11-26-20-28-19(32-29-20)13-5-6-13;1-3(4)5-2/h7-8,13H,3-6,9-12,24-25H2,1-2H3,(H,26,29);1-2H3/b18-17-;. The van der Waals surface area contributed by atoms with Crippen molar-refractivity contribution in [3.05, 3.63) is 35.1 Å². The third-order valence-corrected chi connectivity index (χ3v) is 6.10. The van der Waals surface area contributed by atoms with Gasteiger partial charge in [0, 0.05) is 32.9 Å². The summed E-state index contributed by atoms with van der Waals surface area (Å²) in [5.74, 6) is 4.47. The number of ether oxygens (including phenoxy) is 1. The maximum atomic E-state index is 13.9. The molecule has 13 heteroatoms. The first-order chi connectivity index (χ1) is 17.5. The van der Waals surface area contributed by atoms with Gasteiger partial charge in [-0.15, -0.1) is 0 Å². The Morgan fingerprint density at radius 1 is 1.35 bits per heavy atom. The van der Waals surface area contributed by atoms with Gasteiger partial charge < -0.3 is 30.2 Å². The van der Waals surface area contributed by atoms with Crippen molar-refractivity contribution in [1.82, 2.24) is 20.1 Å². The van der Waals surface area contributed by atoms with Gasteiger partial charge in [0.15, 0.2) is 0 Å². The first-order valence-electron chi connectivity index (χ1n) is 12.3. The maximum Gasteiger partial charge on any atom is 0.302 e. The van der Waals surface area contributed by atoms with Crippen LogP contribution in [0.4, 0.5) is 20.4 Å². The van der Waals surface area contributed by atoms with Crippen LogP contribution in [0.5, 0.6) is 0 Å². The van der Waals surface area contributed by atoms with Crippen LogP contribution in [0.1, 0.15) is 62.7 Å². The number of esters is 1. The van der Waals surface area contributed by atoms with Gasteiger partial charge in [-0.25, -0.2) is 19.6 Å². The van der Waals surface area contributed by atoms with Crippen LogP contribution < -0.4 is 21.8 Å². The summed E-state index contributed by atoms with van der Waals surface area (Å²) < 4.78 is 37.2. The molecule has 3 heterocycles. The number of pyridine rings is 1. The summed E-state index contributed by atoms with van der Waals surface area (Å²) in [6.45, 7) is 3.87. The molecule has 0 spiro atoms. The quantitative estimate of drug-likeness (QED) is 0.267. The summed E-state index contributed by atoms with van der Waals surface area (Å²) in [6, 6.07) is 3.57. The minimum absolute atomic E-state index is 0.0755. The molecule has 4 rings (SSSR count). The number of aryl methyl sites for hydroxylation is 1. The molecule has 0 bridgehead atoms. The fraction of sp³-hybridized carbons (Fsp3) is 0.583. The highest BCUT2D eigenvalue weighted by molar-refractivity contribution is 5.66. The second-order valence-electron chi connectivity index (χ2n) is 9.15. The van der Waals surface area contributed by atoms with Crippen LogP contribution in [-0.4, -0.2) is 65.8 Å². The van der Waals surface area contributed by atoms with Crippen molar-refractivity contribution in [2.24, 2.45) is 11.6 Å². The molecule has 0 radical (unpaired) electrons. The van der Waals surface area contributed by atoms with E-state index in [1.807, 2.05) is 13.0 Å². The molecule has 37 heavy (non-hydrogen) atoms. The van der Waals surface area contributed by atoms with Gasteiger partial charge in [-0.1, -0.05) is 6.92 Å². The molecule has 0 amide bonds. The maximum absolute atomic E-state index is 13.9. The largest absolute Gasteiger partial charge is 0.469 e. The van der Waals surface area contributed by atoms with Gasteiger partial charge in [0.2, 0.25) is 5.89 Å². The minimum Gasteiger partial charge on any atom is -0.469 e. The Hall–Kier alpha value is -3.48. The van der Waals surface area contributed by atoms with E-state index in [4.69, 9.17) is 16.1 Å². The molecular formula is C24H36F2N8O3. The number of anilines is 2. The van der Waals surface area contributed by atoms with E-state index >= 15 is 0 Å². The smallest absolute Gasteiger partial charge is 0.302 e. The van der Waals surface area contributed by atoms with E-state index in [2.05, 4.69) is 25.2 Å². The van der Waals surface area contributed by atoms with Gasteiger partial charge in [-0.3, -0.25) is 4.79 Å². The van der Waals surface area contributed by atoms with Crippen molar-refractivity contribution in [1.29, 1.82) is 0 Å². The van der Waals surface area contributed by atoms with Crippen molar-refractivity contribution >= 4 is 23.3 Å². The Morgan fingerprint density at radius 3 is 2.62 bits per heavy atom. The average Bonchev–Trinajstić information content (AvgIpc) is 3.61. The Morgan fingerprint density at radius 2 is 2.05 bits per heavy atom. The number of carbonyl (C=O) groups is 1. The van der Waals surface area contributed by atoms with E-state index in [0.29, 0.717) is 54.2 Å². The van der Waals surface area contributed by atoms with Crippen molar-refractivity contribution in [3.8, 4) is 0 Å². The lowest BCUT2D eigenvalue weighted by Crippen LogP contribution is -2.43. The second kappa shape index (κ2) is 12.2. The summed E-state index contributed by atoms with van der Waals surface area (Å²) in [6.07, 6.45) is 3.11. The van der Waals surface area contributed by atoms with Gasteiger partial charge in [-0.05, 0) is 43.0 Å². The highest BCUT2D eigenvalue weighted by Crippen LogP contribution is 2.39. The van der Waals surface area contributed by atoms with Crippen LogP contribution in [0.2, 0.25) is 0 Å². The number of nitrogens with zero attached hydrogens (tertiary/aromatic N) is 5. The third kappa shape index (κ3) is 7.75. The molecule has 1 aliphatic heterocycles. The zero-order valence-corrected chi connectivity index (χ0v) is 21.8. The van der Waals surface area contributed by atoms with Gasteiger partial charge in [-0.2, -0.15) is 4.98 Å². The predicted molar refractivity (Wildman–Crippen MR) is 136 cm³/mol. The number of carbonyl (C=O) groups excluding carboxylic acids is 1. The molecule has 204 valence electrons. The normalized spacial score (nSPS) is 17.3. The van der Waals surface area contributed by atoms with Crippen LogP contribution in [0.3, 0.4) is 0 Å². The Bertz CT molecular complexity index is 1100. The van der Waals surface area contributed by atoms with Crippen molar-refractivity contribution < 1.29 is 22.8 Å². The number of alkyl halides is 2. The number of hydrogen-bond acceptors (Lipinski definition) is 11.